The molecular formula is C14H19NO3. The van der Waals surface area contributed by atoms with Crippen molar-refractivity contribution < 1.29 is 14.6 Å². The topological polar surface area (TPSA) is 50.7 Å². The van der Waals surface area contributed by atoms with Crippen LogP contribution in [0.15, 0.2) is 18.2 Å². The molecule has 0 spiro atoms. The lowest BCUT2D eigenvalue weighted by Gasteiger charge is -2.29. The predicted molar refractivity (Wildman–Crippen MR) is 69.3 cm³/mol. The maximum absolute atomic E-state index is 9.95. The molecule has 4 heteroatoms. The smallest absolute Gasteiger partial charge is 0.163 e. The molecule has 4 nitrogen and oxygen atoms in total. The Balaban J connectivity index is 1.72. The third kappa shape index (κ3) is 2.38. The number of anilines is 1. The average Bonchev–Trinajstić information content (AvgIpc) is 2.41. The highest BCUT2D eigenvalue weighted by molar-refractivity contribution is 5.55. The van der Waals surface area contributed by atoms with Crippen LogP contribution in [0, 0.1) is 0 Å². The fourth-order valence-electron chi connectivity index (χ4n) is 2.63. The zero-order chi connectivity index (χ0) is 12.4. The highest BCUT2D eigenvalue weighted by atomic mass is 16.6. The maximum atomic E-state index is 9.95. The van der Waals surface area contributed by atoms with E-state index in [2.05, 4.69) is 5.32 Å². The molecule has 2 atom stereocenters. The first kappa shape index (κ1) is 11.7. The Morgan fingerprint density at radius 1 is 1.06 bits per heavy atom. The zero-order valence-electron chi connectivity index (χ0n) is 10.4. The van der Waals surface area contributed by atoms with Gasteiger partial charge in [-0.1, -0.05) is 12.8 Å². The van der Waals surface area contributed by atoms with Gasteiger partial charge in [-0.25, -0.2) is 0 Å². The average molecular weight is 249 g/mol. The summed E-state index contributed by atoms with van der Waals surface area (Å²) in [4.78, 5) is 0. The van der Waals surface area contributed by atoms with Crippen molar-refractivity contribution >= 4 is 5.69 Å². The van der Waals surface area contributed by atoms with Gasteiger partial charge in [0.1, 0.15) is 13.2 Å². The van der Waals surface area contributed by atoms with Gasteiger partial charge in [0.05, 0.1) is 12.1 Å². The quantitative estimate of drug-likeness (QED) is 0.843. The van der Waals surface area contributed by atoms with E-state index in [-0.39, 0.29) is 12.1 Å². The molecule has 0 bridgehead atoms. The van der Waals surface area contributed by atoms with Crippen LogP contribution in [0.4, 0.5) is 5.69 Å². The largest absolute Gasteiger partial charge is 0.486 e. The summed E-state index contributed by atoms with van der Waals surface area (Å²) in [7, 11) is 0. The fraction of sp³-hybridized carbons (Fsp3) is 0.571. The summed E-state index contributed by atoms with van der Waals surface area (Å²) < 4.78 is 11.0. The lowest BCUT2D eigenvalue weighted by atomic mass is 9.92. The standard InChI is InChI=1S/C14H19NO3/c16-12-4-2-1-3-11(12)15-10-5-6-13-14(9-10)18-8-7-17-13/h5-6,9,11-12,15-16H,1-4,7-8H2. The molecule has 1 aromatic carbocycles. The summed E-state index contributed by atoms with van der Waals surface area (Å²) in [5.74, 6) is 1.59. The monoisotopic (exact) mass is 249 g/mol. The number of nitrogens with one attached hydrogen (secondary N) is 1. The van der Waals surface area contributed by atoms with Crippen LogP contribution in [-0.2, 0) is 0 Å². The SMILES string of the molecule is OC1CCCCC1Nc1ccc2c(c1)OCCO2. The van der Waals surface area contributed by atoms with E-state index in [0.717, 1.165) is 36.4 Å². The third-order valence-electron chi connectivity index (χ3n) is 3.62. The van der Waals surface area contributed by atoms with Crippen molar-refractivity contribution in [3.8, 4) is 11.5 Å². The van der Waals surface area contributed by atoms with Crippen LogP contribution in [0.5, 0.6) is 11.5 Å². The number of aliphatic hydroxyl groups excluding tert-OH is 1. The van der Waals surface area contributed by atoms with Crippen molar-refractivity contribution in [1.82, 2.24) is 0 Å². The number of benzene rings is 1. The van der Waals surface area contributed by atoms with Gasteiger partial charge in [-0.2, -0.15) is 0 Å². The summed E-state index contributed by atoms with van der Waals surface area (Å²) in [6.45, 7) is 1.21. The molecule has 1 heterocycles. The Kier molecular flexibility index (Phi) is 3.28. The Labute approximate surface area is 107 Å². The number of ether oxygens (including phenoxy) is 2. The van der Waals surface area contributed by atoms with E-state index < -0.39 is 0 Å². The van der Waals surface area contributed by atoms with Crippen LogP contribution in [0.2, 0.25) is 0 Å². The molecule has 0 saturated heterocycles. The third-order valence-corrected chi connectivity index (χ3v) is 3.62. The van der Waals surface area contributed by atoms with Gasteiger partial charge in [-0.15, -0.1) is 0 Å². The highest BCUT2D eigenvalue weighted by Crippen LogP contribution is 2.33. The predicted octanol–water partition coefficient (Wildman–Crippen LogP) is 2.17. The molecule has 3 rings (SSSR count). The zero-order valence-corrected chi connectivity index (χ0v) is 10.4. The normalized spacial score (nSPS) is 26.7. The van der Waals surface area contributed by atoms with Gasteiger partial charge in [-0.05, 0) is 25.0 Å². The lowest BCUT2D eigenvalue weighted by Crippen LogP contribution is -2.36. The van der Waals surface area contributed by atoms with Crippen molar-refractivity contribution in [2.45, 2.75) is 37.8 Å². The first-order valence-corrected chi connectivity index (χ1v) is 6.67. The van der Waals surface area contributed by atoms with Crippen molar-refractivity contribution in [3.63, 3.8) is 0 Å². The van der Waals surface area contributed by atoms with Gasteiger partial charge in [0.15, 0.2) is 11.5 Å². The van der Waals surface area contributed by atoms with E-state index in [1.165, 1.54) is 6.42 Å². The van der Waals surface area contributed by atoms with Crippen LogP contribution in [0.1, 0.15) is 25.7 Å². The number of rotatable bonds is 2. The second-order valence-electron chi connectivity index (χ2n) is 4.96. The minimum absolute atomic E-state index is 0.154. The van der Waals surface area contributed by atoms with Crippen LogP contribution < -0.4 is 14.8 Å². The van der Waals surface area contributed by atoms with Crippen LogP contribution in [0.25, 0.3) is 0 Å². The van der Waals surface area contributed by atoms with E-state index in [9.17, 15) is 5.11 Å². The second-order valence-corrected chi connectivity index (χ2v) is 4.96. The second kappa shape index (κ2) is 5.06. The molecule has 2 unspecified atom stereocenters. The van der Waals surface area contributed by atoms with Gasteiger partial charge in [0, 0.05) is 11.8 Å². The number of aliphatic hydroxyl groups is 1. The van der Waals surface area contributed by atoms with Crippen molar-refractivity contribution in [2.75, 3.05) is 18.5 Å². The van der Waals surface area contributed by atoms with Gasteiger partial charge >= 0.3 is 0 Å². The molecule has 2 N–H and O–H groups in total. The molecular weight excluding hydrogens is 230 g/mol. The van der Waals surface area contributed by atoms with Crippen LogP contribution >= 0.6 is 0 Å². The van der Waals surface area contributed by atoms with E-state index in [1.807, 2.05) is 18.2 Å². The minimum Gasteiger partial charge on any atom is -0.486 e. The molecule has 1 aliphatic heterocycles. The van der Waals surface area contributed by atoms with E-state index in [1.54, 1.807) is 0 Å². The summed E-state index contributed by atoms with van der Waals surface area (Å²) >= 11 is 0. The molecule has 1 saturated carbocycles. The van der Waals surface area contributed by atoms with E-state index >= 15 is 0 Å². The number of hydrogen-bond donors (Lipinski definition) is 2. The maximum Gasteiger partial charge on any atom is 0.163 e. The highest BCUT2D eigenvalue weighted by Gasteiger charge is 2.23. The lowest BCUT2D eigenvalue weighted by molar-refractivity contribution is 0.116. The number of fused-ring (bicyclic) bond motifs is 1. The van der Waals surface area contributed by atoms with E-state index in [0.29, 0.717) is 13.2 Å². The molecule has 1 fully saturated rings. The van der Waals surface area contributed by atoms with Crippen LogP contribution in [0.3, 0.4) is 0 Å². The van der Waals surface area contributed by atoms with Crippen molar-refractivity contribution in [3.05, 3.63) is 18.2 Å². The molecule has 0 aromatic heterocycles. The first-order chi connectivity index (χ1) is 8.83. The Bertz CT molecular complexity index is 422. The Hall–Kier alpha value is -1.42. The first-order valence-electron chi connectivity index (χ1n) is 6.67. The molecule has 1 aliphatic carbocycles. The Morgan fingerprint density at radius 2 is 1.83 bits per heavy atom. The summed E-state index contributed by atoms with van der Waals surface area (Å²) in [5.41, 5.74) is 0.991. The summed E-state index contributed by atoms with van der Waals surface area (Å²) in [6, 6.07) is 6.01. The fourth-order valence-corrected chi connectivity index (χ4v) is 2.63. The summed E-state index contributed by atoms with van der Waals surface area (Å²) in [6.07, 6.45) is 3.98. The molecule has 1 aromatic rings. The molecule has 98 valence electrons. The van der Waals surface area contributed by atoms with Crippen molar-refractivity contribution in [1.29, 1.82) is 0 Å². The van der Waals surface area contributed by atoms with Gasteiger partial charge in [0.2, 0.25) is 0 Å². The minimum atomic E-state index is -0.244. The van der Waals surface area contributed by atoms with E-state index in [4.69, 9.17) is 9.47 Å². The molecule has 0 amide bonds. The van der Waals surface area contributed by atoms with Gasteiger partial charge < -0.3 is 19.9 Å². The summed E-state index contributed by atoms with van der Waals surface area (Å²) in [5, 5.41) is 13.3. The Morgan fingerprint density at radius 3 is 2.67 bits per heavy atom. The molecule has 0 radical (unpaired) electrons. The molecule has 2 aliphatic rings. The molecule has 18 heavy (non-hydrogen) atoms. The van der Waals surface area contributed by atoms with Crippen LogP contribution in [-0.4, -0.2) is 30.5 Å². The van der Waals surface area contributed by atoms with Crippen molar-refractivity contribution in [2.24, 2.45) is 0 Å². The van der Waals surface area contributed by atoms with Gasteiger partial charge in [-0.3, -0.25) is 0 Å². The van der Waals surface area contributed by atoms with Gasteiger partial charge in [0.25, 0.3) is 0 Å². The number of hydrogen-bond acceptors (Lipinski definition) is 4.